The predicted molar refractivity (Wildman–Crippen MR) is 115 cm³/mol. The Kier molecular flexibility index (Phi) is 6.58. The highest BCUT2D eigenvalue weighted by Gasteiger charge is 2.20. The van der Waals surface area contributed by atoms with Gasteiger partial charge in [0.15, 0.2) is 5.13 Å². The van der Waals surface area contributed by atoms with Crippen LogP contribution in [0, 0.1) is 6.92 Å². The van der Waals surface area contributed by atoms with Gasteiger partial charge in [-0.15, -0.1) is 0 Å². The standard InChI is InChI=1S/C20H21N3O5S2/c1-13-18(19(24)21-12-14-5-4-6-16(11-14)28-3)29-20(22-13)23-30(25,26)17-9-7-15(27-2)8-10-17/h4-11H,12H2,1-3H3,(H,21,24)(H,22,23). The molecule has 3 rings (SSSR count). The zero-order chi connectivity index (χ0) is 21.7. The van der Waals surface area contributed by atoms with Crippen molar-refractivity contribution < 1.29 is 22.7 Å². The average molecular weight is 448 g/mol. The van der Waals surface area contributed by atoms with Crippen LogP contribution in [0.25, 0.3) is 0 Å². The van der Waals surface area contributed by atoms with Crippen LogP contribution in [0.5, 0.6) is 11.5 Å². The number of hydrogen-bond acceptors (Lipinski definition) is 7. The monoisotopic (exact) mass is 447 g/mol. The number of aromatic nitrogens is 1. The van der Waals surface area contributed by atoms with Crippen LogP contribution in [-0.4, -0.2) is 33.5 Å². The highest BCUT2D eigenvalue weighted by molar-refractivity contribution is 7.93. The van der Waals surface area contributed by atoms with Gasteiger partial charge in [-0.25, -0.2) is 13.4 Å². The lowest BCUT2D eigenvalue weighted by Gasteiger charge is -2.06. The summed E-state index contributed by atoms with van der Waals surface area (Å²) in [5.41, 5.74) is 1.32. The molecule has 2 aromatic carbocycles. The van der Waals surface area contributed by atoms with Gasteiger partial charge < -0.3 is 14.8 Å². The number of thiazole rings is 1. The summed E-state index contributed by atoms with van der Waals surface area (Å²) < 4.78 is 37.8. The number of aryl methyl sites for hydroxylation is 1. The third kappa shape index (κ3) is 5.08. The van der Waals surface area contributed by atoms with E-state index in [1.165, 1.54) is 19.2 Å². The van der Waals surface area contributed by atoms with Crippen molar-refractivity contribution in [2.24, 2.45) is 0 Å². The third-order valence-corrected chi connectivity index (χ3v) is 6.74. The number of sulfonamides is 1. The average Bonchev–Trinajstić information content (AvgIpc) is 3.11. The van der Waals surface area contributed by atoms with E-state index in [0.29, 0.717) is 28.6 Å². The lowest BCUT2D eigenvalue weighted by atomic mass is 10.2. The Hall–Kier alpha value is -3.11. The van der Waals surface area contributed by atoms with Gasteiger partial charge in [-0.2, -0.15) is 0 Å². The second-order valence-corrected chi connectivity index (χ2v) is 8.93. The molecule has 0 aliphatic carbocycles. The number of carbonyl (C=O) groups excluding carboxylic acids is 1. The highest BCUT2D eigenvalue weighted by Crippen LogP contribution is 2.26. The summed E-state index contributed by atoms with van der Waals surface area (Å²) in [7, 11) is -0.756. The molecule has 0 saturated carbocycles. The molecule has 0 fully saturated rings. The van der Waals surface area contributed by atoms with Gasteiger partial charge in [0.25, 0.3) is 15.9 Å². The van der Waals surface area contributed by atoms with Crippen molar-refractivity contribution in [3.05, 3.63) is 64.7 Å². The fourth-order valence-corrected chi connectivity index (χ4v) is 4.74. The van der Waals surface area contributed by atoms with E-state index >= 15 is 0 Å². The summed E-state index contributed by atoms with van der Waals surface area (Å²) in [6.45, 7) is 1.96. The molecule has 8 nitrogen and oxygen atoms in total. The van der Waals surface area contributed by atoms with E-state index in [1.54, 1.807) is 26.2 Å². The summed E-state index contributed by atoms with van der Waals surface area (Å²) in [4.78, 5) is 17.1. The van der Waals surface area contributed by atoms with Crippen LogP contribution in [-0.2, 0) is 16.6 Å². The van der Waals surface area contributed by atoms with Crippen LogP contribution < -0.4 is 19.5 Å². The van der Waals surface area contributed by atoms with E-state index in [2.05, 4.69) is 15.0 Å². The lowest BCUT2D eigenvalue weighted by molar-refractivity contribution is 0.0954. The van der Waals surface area contributed by atoms with Gasteiger partial charge in [0.05, 0.1) is 24.8 Å². The molecule has 3 aromatic rings. The largest absolute Gasteiger partial charge is 0.497 e. The van der Waals surface area contributed by atoms with Crippen LogP contribution in [0.4, 0.5) is 5.13 Å². The maximum Gasteiger partial charge on any atom is 0.263 e. The van der Waals surface area contributed by atoms with E-state index in [4.69, 9.17) is 9.47 Å². The molecule has 0 spiro atoms. The molecule has 10 heteroatoms. The topological polar surface area (TPSA) is 107 Å². The smallest absolute Gasteiger partial charge is 0.263 e. The van der Waals surface area contributed by atoms with Crippen LogP contribution in [0.3, 0.4) is 0 Å². The van der Waals surface area contributed by atoms with E-state index < -0.39 is 10.0 Å². The van der Waals surface area contributed by atoms with Crippen molar-refractivity contribution in [2.75, 3.05) is 18.9 Å². The van der Waals surface area contributed by atoms with Crippen molar-refractivity contribution in [3.8, 4) is 11.5 Å². The molecule has 1 amide bonds. The SMILES string of the molecule is COc1ccc(S(=O)(=O)Nc2nc(C)c(C(=O)NCc3cccc(OC)c3)s2)cc1. The Morgan fingerprint density at radius 2 is 1.77 bits per heavy atom. The lowest BCUT2D eigenvalue weighted by Crippen LogP contribution is -2.22. The maximum absolute atomic E-state index is 12.6. The summed E-state index contributed by atoms with van der Waals surface area (Å²) in [5, 5.41) is 2.93. The number of nitrogens with zero attached hydrogens (tertiary/aromatic N) is 1. The number of nitrogens with one attached hydrogen (secondary N) is 2. The maximum atomic E-state index is 12.6. The minimum absolute atomic E-state index is 0.0696. The highest BCUT2D eigenvalue weighted by atomic mass is 32.2. The molecule has 0 bridgehead atoms. The molecule has 0 unspecified atom stereocenters. The number of rotatable bonds is 8. The van der Waals surface area contributed by atoms with Gasteiger partial charge in [-0.1, -0.05) is 23.5 Å². The second kappa shape index (κ2) is 9.14. The molecule has 0 saturated heterocycles. The Bertz CT molecular complexity index is 1140. The van der Waals surface area contributed by atoms with E-state index in [1.807, 2.05) is 24.3 Å². The first-order chi connectivity index (χ1) is 14.3. The first kappa shape index (κ1) is 21.6. The van der Waals surface area contributed by atoms with Gasteiger partial charge in [0.2, 0.25) is 0 Å². The zero-order valence-electron chi connectivity index (χ0n) is 16.6. The minimum Gasteiger partial charge on any atom is -0.497 e. The van der Waals surface area contributed by atoms with Crippen LogP contribution in [0.15, 0.2) is 53.4 Å². The zero-order valence-corrected chi connectivity index (χ0v) is 18.3. The minimum atomic E-state index is -3.83. The fourth-order valence-electron chi connectivity index (χ4n) is 2.62. The second-order valence-electron chi connectivity index (χ2n) is 6.25. The number of ether oxygens (including phenoxy) is 2. The van der Waals surface area contributed by atoms with Crippen molar-refractivity contribution in [2.45, 2.75) is 18.4 Å². The number of benzene rings is 2. The van der Waals surface area contributed by atoms with Crippen LogP contribution in [0.2, 0.25) is 0 Å². The van der Waals surface area contributed by atoms with Gasteiger partial charge in [0.1, 0.15) is 16.4 Å². The van der Waals surface area contributed by atoms with E-state index in [9.17, 15) is 13.2 Å². The Balaban J connectivity index is 1.69. The Labute approximate surface area is 178 Å². The Morgan fingerprint density at radius 3 is 2.43 bits per heavy atom. The van der Waals surface area contributed by atoms with Crippen LogP contribution >= 0.6 is 11.3 Å². The number of anilines is 1. The number of hydrogen-bond donors (Lipinski definition) is 2. The Morgan fingerprint density at radius 1 is 1.07 bits per heavy atom. The predicted octanol–water partition coefficient (Wildman–Crippen LogP) is 3.20. The molecular weight excluding hydrogens is 426 g/mol. The van der Waals surface area contributed by atoms with Crippen molar-refractivity contribution in [1.29, 1.82) is 0 Å². The number of methoxy groups -OCH3 is 2. The number of amides is 1. The summed E-state index contributed by atoms with van der Waals surface area (Å²) in [6, 6.07) is 13.3. The molecule has 1 aromatic heterocycles. The summed E-state index contributed by atoms with van der Waals surface area (Å²) in [5.74, 6) is 0.919. The van der Waals surface area contributed by atoms with Crippen molar-refractivity contribution in [1.82, 2.24) is 10.3 Å². The molecule has 0 radical (unpaired) electrons. The molecule has 0 aliphatic heterocycles. The van der Waals surface area contributed by atoms with Crippen LogP contribution in [0.1, 0.15) is 20.9 Å². The van der Waals surface area contributed by atoms with E-state index in [-0.39, 0.29) is 15.9 Å². The first-order valence-electron chi connectivity index (χ1n) is 8.88. The first-order valence-corrected chi connectivity index (χ1v) is 11.2. The summed E-state index contributed by atoms with van der Waals surface area (Å²) in [6.07, 6.45) is 0. The van der Waals surface area contributed by atoms with Gasteiger partial charge in [-0.3, -0.25) is 9.52 Å². The quantitative estimate of drug-likeness (QED) is 0.549. The number of carbonyl (C=O) groups is 1. The fraction of sp³-hybridized carbons (Fsp3) is 0.200. The van der Waals surface area contributed by atoms with Gasteiger partial charge in [0, 0.05) is 6.54 Å². The normalized spacial score (nSPS) is 11.0. The van der Waals surface area contributed by atoms with Crippen molar-refractivity contribution >= 4 is 32.4 Å². The molecule has 0 aliphatic rings. The molecule has 0 atom stereocenters. The van der Waals surface area contributed by atoms with Gasteiger partial charge >= 0.3 is 0 Å². The molecule has 2 N–H and O–H groups in total. The van der Waals surface area contributed by atoms with E-state index in [0.717, 1.165) is 16.9 Å². The molecule has 1 heterocycles. The summed E-state index contributed by atoms with van der Waals surface area (Å²) >= 11 is 0.977. The van der Waals surface area contributed by atoms with Gasteiger partial charge in [-0.05, 0) is 48.9 Å². The molecular formula is C20H21N3O5S2. The molecule has 30 heavy (non-hydrogen) atoms. The van der Waals surface area contributed by atoms with Crippen molar-refractivity contribution in [3.63, 3.8) is 0 Å². The third-order valence-electron chi connectivity index (χ3n) is 4.18. The molecule has 158 valence electrons.